The van der Waals surface area contributed by atoms with E-state index in [-0.39, 0.29) is 24.5 Å². The zero-order valence-corrected chi connectivity index (χ0v) is 14.2. The molecule has 1 aromatic carbocycles. The second kappa shape index (κ2) is 8.76. The third-order valence-electron chi connectivity index (χ3n) is 3.05. The summed E-state index contributed by atoms with van der Waals surface area (Å²) in [6.45, 7) is 7.86. The van der Waals surface area contributed by atoms with Crippen LogP contribution in [0.15, 0.2) is 24.3 Å². The highest BCUT2D eigenvalue weighted by Gasteiger charge is 2.17. The van der Waals surface area contributed by atoms with Crippen molar-refractivity contribution in [2.45, 2.75) is 39.8 Å². The molecule has 0 radical (unpaired) electrons. The number of nitrogens with one attached hydrogen (secondary N) is 3. The molecule has 0 heterocycles. The molecule has 22 heavy (non-hydrogen) atoms. The van der Waals surface area contributed by atoms with Gasteiger partial charge in [0.05, 0.1) is 6.54 Å². The molecule has 1 rings (SSSR count). The lowest BCUT2D eigenvalue weighted by Crippen LogP contribution is -2.46. The van der Waals surface area contributed by atoms with Gasteiger partial charge < -0.3 is 10.6 Å². The van der Waals surface area contributed by atoms with Crippen LogP contribution in [0.5, 0.6) is 0 Å². The molecule has 5 nitrogen and oxygen atoms in total. The Labute approximate surface area is 136 Å². The van der Waals surface area contributed by atoms with E-state index in [9.17, 15) is 9.59 Å². The summed E-state index contributed by atoms with van der Waals surface area (Å²) in [5.74, 6) is -0.0729. The van der Waals surface area contributed by atoms with Crippen LogP contribution in [0.25, 0.3) is 0 Å². The van der Waals surface area contributed by atoms with Crippen molar-refractivity contribution in [3.63, 3.8) is 0 Å². The summed E-state index contributed by atoms with van der Waals surface area (Å²) >= 11 is 5.89. The summed E-state index contributed by atoms with van der Waals surface area (Å²) < 4.78 is 0. The van der Waals surface area contributed by atoms with Gasteiger partial charge in [0, 0.05) is 17.1 Å². The van der Waals surface area contributed by atoms with Gasteiger partial charge in [0.1, 0.15) is 0 Å². The highest BCUT2D eigenvalue weighted by atomic mass is 35.5. The number of rotatable bonds is 6. The molecule has 0 spiro atoms. The lowest BCUT2D eigenvalue weighted by Gasteiger charge is -2.23. The maximum absolute atomic E-state index is 11.8. The van der Waals surface area contributed by atoms with Crippen LogP contribution in [0.3, 0.4) is 0 Å². The Morgan fingerprint density at radius 3 is 2.18 bits per heavy atom. The van der Waals surface area contributed by atoms with Crippen LogP contribution in [0.1, 0.15) is 39.3 Å². The van der Waals surface area contributed by atoms with Crippen LogP contribution in [-0.4, -0.2) is 24.5 Å². The fourth-order valence-corrected chi connectivity index (χ4v) is 2.21. The van der Waals surface area contributed by atoms with Gasteiger partial charge in [0.15, 0.2) is 0 Å². The normalized spacial score (nSPS) is 12.3. The number of hydrogen-bond donors (Lipinski definition) is 3. The van der Waals surface area contributed by atoms with Gasteiger partial charge in [-0.1, -0.05) is 37.6 Å². The Hall–Kier alpha value is -1.59. The molecule has 0 aliphatic heterocycles. The minimum absolute atomic E-state index is 0.0103. The second-order valence-electron chi connectivity index (χ2n) is 5.83. The summed E-state index contributed by atoms with van der Waals surface area (Å²) in [7, 11) is 0. The van der Waals surface area contributed by atoms with Gasteiger partial charge in [-0.15, -0.1) is 0 Å². The number of urea groups is 1. The van der Waals surface area contributed by atoms with Crippen molar-refractivity contribution >= 4 is 23.5 Å². The molecular weight excluding hydrogens is 302 g/mol. The smallest absolute Gasteiger partial charge is 0.321 e. The van der Waals surface area contributed by atoms with Gasteiger partial charge in [-0.3, -0.25) is 10.1 Å². The second-order valence-corrected chi connectivity index (χ2v) is 6.27. The number of carbonyl (C=O) groups is 2. The molecule has 0 fully saturated rings. The third kappa shape index (κ3) is 6.45. The number of carbonyl (C=O) groups excluding carboxylic acids is 2. The van der Waals surface area contributed by atoms with Crippen LogP contribution in [0, 0.1) is 5.92 Å². The Morgan fingerprint density at radius 2 is 1.68 bits per heavy atom. The number of halogens is 1. The fraction of sp³-hybridized carbons (Fsp3) is 0.500. The van der Waals surface area contributed by atoms with E-state index < -0.39 is 6.03 Å². The van der Waals surface area contributed by atoms with Crippen molar-refractivity contribution in [3.8, 4) is 0 Å². The van der Waals surface area contributed by atoms with Gasteiger partial charge in [-0.05, 0) is 37.5 Å². The number of hydrogen-bond acceptors (Lipinski definition) is 3. The molecule has 0 aromatic heterocycles. The minimum atomic E-state index is -0.477. The fourth-order valence-electron chi connectivity index (χ4n) is 2.08. The maximum Gasteiger partial charge on any atom is 0.321 e. The van der Waals surface area contributed by atoms with Gasteiger partial charge in [0.25, 0.3) is 0 Å². The largest absolute Gasteiger partial charge is 0.336 e. The number of benzene rings is 1. The molecule has 0 aliphatic carbocycles. The minimum Gasteiger partial charge on any atom is -0.336 e. The number of amides is 3. The van der Waals surface area contributed by atoms with Crippen molar-refractivity contribution in [2.75, 3.05) is 6.54 Å². The topological polar surface area (TPSA) is 70.2 Å². The van der Waals surface area contributed by atoms with Crippen LogP contribution >= 0.6 is 11.6 Å². The maximum atomic E-state index is 11.8. The molecule has 0 aliphatic rings. The van der Waals surface area contributed by atoms with E-state index in [1.165, 1.54) is 0 Å². The van der Waals surface area contributed by atoms with E-state index in [0.29, 0.717) is 10.9 Å². The Kier molecular flexibility index (Phi) is 7.35. The Bertz CT molecular complexity index is 501. The molecule has 0 saturated heterocycles. The van der Waals surface area contributed by atoms with Crippen molar-refractivity contribution in [3.05, 3.63) is 34.9 Å². The lowest BCUT2D eigenvalue weighted by atomic mass is 9.96. The molecule has 3 amide bonds. The highest BCUT2D eigenvalue weighted by molar-refractivity contribution is 6.30. The first-order valence-corrected chi connectivity index (χ1v) is 7.76. The summed E-state index contributed by atoms with van der Waals surface area (Å²) in [6, 6.07) is 7.03. The molecule has 122 valence electrons. The van der Waals surface area contributed by atoms with E-state index in [2.05, 4.69) is 29.8 Å². The molecule has 3 N–H and O–H groups in total. The summed E-state index contributed by atoms with van der Waals surface area (Å²) in [5, 5.41) is 8.76. The van der Waals surface area contributed by atoms with Crippen LogP contribution in [0.4, 0.5) is 4.79 Å². The molecule has 0 unspecified atom stereocenters. The summed E-state index contributed by atoms with van der Waals surface area (Å²) in [6.07, 6.45) is 0. The van der Waals surface area contributed by atoms with E-state index >= 15 is 0 Å². The van der Waals surface area contributed by atoms with Crippen molar-refractivity contribution in [1.82, 2.24) is 16.0 Å². The average Bonchev–Trinajstić information content (AvgIpc) is 2.39. The predicted molar refractivity (Wildman–Crippen MR) is 88.8 cm³/mol. The Balaban J connectivity index is 2.56. The molecular formula is C16H24ClN3O2. The SMILES string of the molecule is CC(C)NC(=O)NC(=O)CN[C@H](c1ccc(Cl)cc1)C(C)C. The van der Waals surface area contributed by atoms with E-state index in [0.717, 1.165) is 5.56 Å². The Morgan fingerprint density at radius 1 is 1.09 bits per heavy atom. The van der Waals surface area contributed by atoms with Crippen LogP contribution in [-0.2, 0) is 4.79 Å². The summed E-state index contributed by atoms with van der Waals surface area (Å²) in [5.41, 5.74) is 1.05. The predicted octanol–water partition coefficient (Wildman–Crippen LogP) is 2.86. The first-order chi connectivity index (χ1) is 10.3. The first kappa shape index (κ1) is 18.5. The van der Waals surface area contributed by atoms with E-state index in [1.54, 1.807) is 0 Å². The van der Waals surface area contributed by atoms with Gasteiger partial charge in [-0.25, -0.2) is 4.79 Å². The number of imide groups is 1. The van der Waals surface area contributed by atoms with Crippen molar-refractivity contribution in [2.24, 2.45) is 5.92 Å². The van der Waals surface area contributed by atoms with Gasteiger partial charge in [-0.2, -0.15) is 0 Å². The molecule has 6 heteroatoms. The zero-order chi connectivity index (χ0) is 16.7. The zero-order valence-electron chi connectivity index (χ0n) is 13.4. The van der Waals surface area contributed by atoms with Gasteiger partial charge in [0.2, 0.25) is 5.91 Å². The first-order valence-electron chi connectivity index (χ1n) is 7.38. The molecule has 1 atom stereocenters. The lowest BCUT2D eigenvalue weighted by molar-refractivity contribution is -0.119. The molecule has 0 bridgehead atoms. The third-order valence-corrected chi connectivity index (χ3v) is 3.30. The van der Waals surface area contributed by atoms with E-state index in [4.69, 9.17) is 11.6 Å². The quantitative estimate of drug-likeness (QED) is 0.753. The average molecular weight is 326 g/mol. The monoisotopic (exact) mass is 325 g/mol. The summed E-state index contributed by atoms with van der Waals surface area (Å²) in [4.78, 5) is 23.3. The van der Waals surface area contributed by atoms with Crippen molar-refractivity contribution in [1.29, 1.82) is 0 Å². The molecule has 0 saturated carbocycles. The van der Waals surface area contributed by atoms with Gasteiger partial charge >= 0.3 is 6.03 Å². The highest BCUT2D eigenvalue weighted by Crippen LogP contribution is 2.22. The van der Waals surface area contributed by atoms with Crippen LogP contribution in [0.2, 0.25) is 5.02 Å². The standard InChI is InChI=1S/C16H24ClN3O2/c1-10(2)15(12-5-7-13(17)8-6-12)18-9-14(21)20-16(22)19-11(3)4/h5-8,10-11,15,18H,9H2,1-4H3,(H2,19,20,21,22)/t15-/m0/s1. The van der Waals surface area contributed by atoms with Crippen LogP contribution < -0.4 is 16.0 Å². The van der Waals surface area contributed by atoms with E-state index in [1.807, 2.05) is 38.1 Å². The van der Waals surface area contributed by atoms with Crippen molar-refractivity contribution < 1.29 is 9.59 Å². The molecule has 1 aromatic rings.